The fraction of sp³-hybridized carbons (Fsp3) is 0.545. The first kappa shape index (κ1) is 25.5. The highest BCUT2D eigenvalue weighted by Gasteiger charge is 2.49. The summed E-state index contributed by atoms with van der Waals surface area (Å²) in [5.74, 6) is -1.59. The molecule has 1 aromatic heterocycles. The molecule has 2 aromatic rings. The van der Waals surface area contributed by atoms with E-state index in [0.717, 1.165) is 33.4 Å². The molecule has 35 heavy (non-hydrogen) atoms. The summed E-state index contributed by atoms with van der Waals surface area (Å²) >= 11 is 0. The zero-order chi connectivity index (χ0) is 25.9. The molecule has 2 aliphatic rings. The third-order valence-electron chi connectivity index (χ3n) is 6.33. The molecule has 1 fully saturated rings. The van der Waals surface area contributed by atoms with Crippen molar-refractivity contribution in [1.82, 2.24) is 19.0 Å². The van der Waals surface area contributed by atoms with Crippen LogP contribution in [0.5, 0.6) is 0 Å². The van der Waals surface area contributed by atoms with Crippen LogP contribution in [0.25, 0.3) is 0 Å². The molecule has 192 valence electrons. The van der Waals surface area contributed by atoms with Crippen molar-refractivity contribution in [2.24, 2.45) is 0 Å². The Hall–Kier alpha value is -2.64. The fourth-order valence-corrected chi connectivity index (χ4v) is 5.42. The number of rotatable bonds is 4. The highest BCUT2D eigenvalue weighted by atomic mass is 32.2. The van der Waals surface area contributed by atoms with Crippen molar-refractivity contribution in [2.75, 3.05) is 6.26 Å². The summed E-state index contributed by atoms with van der Waals surface area (Å²) in [6.45, 7) is 5.25. The van der Waals surface area contributed by atoms with Crippen molar-refractivity contribution in [1.29, 1.82) is 0 Å². The Kier molecular flexibility index (Phi) is 6.39. The number of halogens is 3. The maximum atomic E-state index is 15.4. The van der Waals surface area contributed by atoms with Crippen LogP contribution in [0, 0.1) is 11.6 Å². The molecule has 2 aliphatic heterocycles. The van der Waals surface area contributed by atoms with E-state index >= 15 is 4.39 Å². The van der Waals surface area contributed by atoms with E-state index in [0.29, 0.717) is 11.3 Å². The summed E-state index contributed by atoms with van der Waals surface area (Å²) in [6, 6.07) is 0.736. The molecule has 9 nitrogen and oxygen atoms in total. The van der Waals surface area contributed by atoms with Gasteiger partial charge in [0.15, 0.2) is 0 Å². The van der Waals surface area contributed by atoms with E-state index in [-0.39, 0.29) is 25.1 Å². The number of alkyl halides is 1. The largest absolute Gasteiger partial charge is 0.465 e. The highest BCUT2D eigenvalue weighted by Crippen LogP contribution is 2.42. The second-order valence-corrected chi connectivity index (χ2v) is 11.7. The molecule has 3 heterocycles. The van der Waals surface area contributed by atoms with Crippen LogP contribution in [0.2, 0.25) is 0 Å². The first-order valence-corrected chi connectivity index (χ1v) is 12.8. The molecule has 0 aliphatic carbocycles. The van der Waals surface area contributed by atoms with E-state index in [1.54, 1.807) is 25.7 Å². The molecular formula is C22H27F3N4O5S. The van der Waals surface area contributed by atoms with Crippen LogP contribution in [-0.4, -0.2) is 68.8 Å². The molecule has 4 rings (SSSR count). The summed E-state index contributed by atoms with van der Waals surface area (Å²) in [5.41, 5.74) is -0.160. The van der Waals surface area contributed by atoms with Gasteiger partial charge in [0.2, 0.25) is 6.36 Å². The number of aromatic nitrogens is 2. The standard InChI is InChI=1S/C22H27F3N4O5S/c1-22(2,3)29(21(30)31)17-8-18(20(25)34-19(17)14-7-13(23)5-6-15(14)24)27-9-12-10-28(35(4,32)33)26-16(12)11-27/h5-7,10,17-20H,8-9,11H2,1-4H3,(H,30,31)/t17-,18+,19+,20-/m0/s1. The smallest absolute Gasteiger partial charge is 0.408 e. The first-order chi connectivity index (χ1) is 16.2. The molecule has 1 N–H and O–H groups in total. The summed E-state index contributed by atoms with van der Waals surface area (Å²) in [5, 5.41) is 14.1. The van der Waals surface area contributed by atoms with E-state index in [4.69, 9.17) is 4.74 Å². The summed E-state index contributed by atoms with van der Waals surface area (Å²) in [7, 11) is -3.58. The molecule has 4 atom stereocenters. The molecule has 1 saturated heterocycles. The third kappa shape index (κ3) is 4.89. The Bertz CT molecular complexity index is 1220. The maximum absolute atomic E-state index is 15.4. The quantitative estimate of drug-likeness (QED) is 0.665. The van der Waals surface area contributed by atoms with E-state index in [1.807, 2.05) is 0 Å². The summed E-state index contributed by atoms with van der Waals surface area (Å²) < 4.78 is 74.0. The summed E-state index contributed by atoms with van der Waals surface area (Å²) in [6.07, 6.45) is -2.32. The van der Waals surface area contributed by atoms with Crippen LogP contribution in [0.3, 0.4) is 0 Å². The van der Waals surface area contributed by atoms with Gasteiger partial charge < -0.3 is 9.84 Å². The zero-order valence-corrected chi connectivity index (χ0v) is 20.5. The molecule has 1 amide bonds. The second-order valence-electron chi connectivity index (χ2n) is 9.91. The van der Waals surface area contributed by atoms with Gasteiger partial charge >= 0.3 is 6.09 Å². The van der Waals surface area contributed by atoms with Crippen LogP contribution in [0.15, 0.2) is 24.4 Å². The lowest BCUT2D eigenvalue weighted by molar-refractivity contribution is -0.194. The molecule has 0 radical (unpaired) electrons. The Labute approximate surface area is 201 Å². The van der Waals surface area contributed by atoms with Gasteiger partial charge in [0.1, 0.15) is 17.7 Å². The third-order valence-corrected chi connectivity index (χ3v) is 7.19. The molecule has 0 unspecified atom stereocenters. The van der Waals surface area contributed by atoms with Gasteiger partial charge in [-0.2, -0.15) is 9.19 Å². The monoisotopic (exact) mass is 516 g/mol. The van der Waals surface area contributed by atoms with Gasteiger partial charge in [-0.3, -0.25) is 9.80 Å². The molecule has 0 bridgehead atoms. The van der Waals surface area contributed by atoms with Gasteiger partial charge in [0.25, 0.3) is 10.0 Å². The number of hydrogen-bond acceptors (Lipinski definition) is 6. The van der Waals surface area contributed by atoms with E-state index in [1.165, 1.54) is 6.20 Å². The summed E-state index contributed by atoms with van der Waals surface area (Å²) in [4.78, 5) is 15.0. The van der Waals surface area contributed by atoms with Gasteiger partial charge in [-0.05, 0) is 45.4 Å². The number of carboxylic acid groups (broad SMARTS) is 1. The number of amides is 1. The minimum atomic E-state index is -3.58. The topological polar surface area (TPSA) is 105 Å². The van der Waals surface area contributed by atoms with Gasteiger partial charge in [-0.25, -0.2) is 26.4 Å². The van der Waals surface area contributed by atoms with Gasteiger partial charge in [0.05, 0.1) is 24.0 Å². The van der Waals surface area contributed by atoms with E-state index < -0.39 is 57.8 Å². The van der Waals surface area contributed by atoms with Crippen molar-refractivity contribution < 1.29 is 36.2 Å². The lowest BCUT2D eigenvalue weighted by Crippen LogP contribution is -2.59. The zero-order valence-electron chi connectivity index (χ0n) is 19.7. The van der Waals surface area contributed by atoms with Crippen LogP contribution >= 0.6 is 0 Å². The van der Waals surface area contributed by atoms with Crippen molar-refractivity contribution in [3.63, 3.8) is 0 Å². The number of ether oxygens (including phenoxy) is 1. The maximum Gasteiger partial charge on any atom is 0.408 e. The predicted molar refractivity (Wildman–Crippen MR) is 119 cm³/mol. The van der Waals surface area contributed by atoms with Crippen molar-refractivity contribution in [2.45, 2.75) is 70.4 Å². The Morgan fingerprint density at radius 3 is 2.51 bits per heavy atom. The molecule has 13 heteroatoms. The first-order valence-electron chi connectivity index (χ1n) is 11.0. The molecule has 1 aromatic carbocycles. The van der Waals surface area contributed by atoms with Crippen LogP contribution < -0.4 is 0 Å². The van der Waals surface area contributed by atoms with E-state index in [2.05, 4.69) is 5.10 Å². The Balaban J connectivity index is 1.68. The van der Waals surface area contributed by atoms with Crippen molar-refractivity contribution >= 4 is 16.1 Å². The highest BCUT2D eigenvalue weighted by molar-refractivity contribution is 7.89. The lowest BCUT2D eigenvalue weighted by Gasteiger charge is -2.49. The lowest BCUT2D eigenvalue weighted by atomic mass is 9.88. The Morgan fingerprint density at radius 2 is 1.94 bits per heavy atom. The number of nitrogens with zero attached hydrogens (tertiary/aromatic N) is 4. The number of hydrogen-bond donors (Lipinski definition) is 1. The number of fused-ring (bicyclic) bond motifs is 1. The van der Waals surface area contributed by atoms with Crippen LogP contribution in [0.1, 0.15) is 50.1 Å². The number of benzene rings is 1. The van der Waals surface area contributed by atoms with Gasteiger partial charge in [-0.1, -0.05) is 0 Å². The minimum absolute atomic E-state index is 0.0678. The normalized spacial score (nSPS) is 25.5. The van der Waals surface area contributed by atoms with Crippen molar-refractivity contribution in [3.8, 4) is 0 Å². The van der Waals surface area contributed by atoms with E-state index in [9.17, 15) is 27.1 Å². The minimum Gasteiger partial charge on any atom is -0.465 e. The predicted octanol–water partition coefficient (Wildman–Crippen LogP) is 3.26. The number of carbonyl (C=O) groups is 1. The van der Waals surface area contributed by atoms with Gasteiger partial charge in [-0.15, -0.1) is 0 Å². The SMILES string of the molecule is CC(C)(C)N(C(=O)O)[C@H]1C[C@@H](N2Cc3cn(S(C)(=O)=O)nc3C2)[C@@H](F)O[C@@H]1c1cc(F)ccc1F. The average molecular weight is 517 g/mol. The fourth-order valence-electron chi connectivity index (χ4n) is 4.85. The van der Waals surface area contributed by atoms with Crippen LogP contribution in [0.4, 0.5) is 18.0 Å². The second kappa shape index (κ2) is 8.79. The Morgan fingerprint density at radius 1 is 1.26 bits per heavy atom. The molecule has 0 spiro atoms. The van der Waals surface area contributed by atoms with Crippen molar-refractivity contribution in [3.05, 3.63) is 52.9 Å². The molecular weight excluding hydrogens is 489 g/mol. The van der Waals surface area contributed by atoms with Crippen LogP contribution in [-0.2, 0) is 27.8 Å². The van der Waals surface area contributed by atoms with Gasteiger partial charge in [0, 0.05) is 36.0 Å². The average Bonchev–Trinajstić information content (AvgIpc) is 3.29. The molecule has 0 saturated carbocycles.